The minimum absolute atomic E-state index is 0.0653. The van der Waals surface area contributed by atoms with Crippen molar-refractivity contribution in [1.82, 2.24) is 5.32 Å². The molecule has 3 nitrogen and oxygen atoms in total. The summed E-state index contributed by atoms with van der Waals surface area (Å²) in [6, 6.07) is 22.7. The van der Waals surface area contributed by atoms with E-state index in [1.165, 1.54) is 15.4 Å². The highest BCUT2D eigenvalue weighted by Crippen LogP contribution is 2.25. The number of thioether (sulfide) groups is 1. The van der Waals surface area contributed by atoms with E-state index in [-0.39, 0.29) is 11.9 Å². The van der Waals surface area contributed by atoms with Gasteiger partial charge in [0, 0.05) is 15.3 Å². The van der Waals surface area contributed by atoms with Gasteiger partial charge in [0.05, 0.1) is 13.1 Å². The molecule has 0 spiro atoms. The summed E-state index contributed by atoms with van der Waals surface area (Å²) in [6.07, 6.45) is 2.08. The highest BCUT2D eigenvalue weighted by molar-refractivity contribution is 7.98. The van der Waals surface area contributed by atoms with E-state index in [1.54, 1.807) is 23.1 Å². The summed E-state index contributed by atoms with van der Waals surface area (Å²) >= 11 is 3.41. The lowest BCUT2D eigenvalue weighted by Crippen LogP contribution is -3.08. The summed E-state index contributed by atoms with van der Waals surface area (Å²) in [5, 5.41) is 5.27. The van der Waals surface area contributed by atoms with Crippen LogP contribution in [0.15, 0.2) is 77.0 Å². The van der Waals surface area contributed by atoms with E-state index in [0.29, 0.717) is 6.54 Å². The van der Waals surface area contributed by atoms with Crippen LogP contribution in [-0.4, -0.2) is 25.8 Å². The number of likely N-dealkylation sites (N-methyl/N-ethyl adjacent to an activating group) is 1. The van der Waals surface area contributed by atoms with Crippen LogP contribution in [0.5, 0.6) is 0 Å². The minimum atomic E-state index is -0.0904. The van der Waals surface area contributed by atoms with Gasteiger partial charge in [-0.25, -0.2) is 0 Å². The van der Waals surface area contributed by atoms with Crippen LogP contribution in [-0.2, 0) is 11.3 Å². The lowest BCUT2D eigenvalue weighted by molar-refractivity contribution is -0.885. The molecule has 2 N–H and O–H groups in total. The van der Waals surface area contributed by atoms with Gasteiger partial charge in [-0.2, -0.15) is 0 Å². The van der Waals surface area contributed by atoms with Gasteiger partial charge < -0.3 is 10.2 Å². The van der Waals surface area contributed by atoms with Crippen LogP contribution in [0.1, 0.15) is 22.0 Å². The molecule has 3 rings (SSSR count). The van der Waals surface area contributed by atoms with Crippen LogP contribution in [0, 0.1) is 0 Å². The molecule has 0 saturated carbocycles. The summed E-state index contributed by atoms with van der Waals surface area (Å²) in [6.45, 7) is 1.27. The number of benzene rings is 2. The first-order valence-electron chi connectivity index (χ1n) is 8.97. The number of amides is 1. The average Bonchev–Trinajstić information content (AvgIpc) is 3.22. The number of rotatable bonds is 8. The molecule has 0 bridgehead atoms. The zero-order valence-electron chi connectivity index (χ0n) is 15.6. The lowest BCUT2D eigenvalue weighted by Gasteiger charge is -2.20. The Morgan fingerprint density at radius 2 is 1.81 bits per heavy atom. The van der Waals surface area contributed by atoms with Crippen molar-refractivity contribution in [2.24, 2.45) is 0 Å². The fourth-order valence-corrected chi connectivity index (χ4v) is 4.27. The Morgan fingerprint density at radius 1 is 1.07 bits per heavy atom. The normalized spacial score (nSPS) is 13.1. The average molecular weight is 398 g/mol. The Hall–Kier alpha value is -2.08. The second-order valence-electron chi connectivity index (χ2n) is 6.59. The standard InChI is InChI=1S/C22H24N2OS2/c1-24(15-17-10-12-19(26-2)13-11-17)16-21(25)23-22(20-9-6-14-27-20)18-7-4-3-5-8-18/h3-14,22H,15-16H2,1-2H3,(H,23,25)/p+1/t22-/m1/s1. The van der Waals surface area contributed by atoms with Crippen molar-refractivity contribution >= 4 is 29.0 Å². The van der Waals surface area contributed by atoms with E-state index in [0.717, 1.165) is 17.0 Å². The van der Waals surface area contributed by atoms with Gasteiger partial charge >= 0.3 is 0 Å². The summed E-state index contributed by atoms with van der Waals surface area (Å²) in [4.78, 5) is 16.3. The van der Waals surface area contributed by atoms with Gasteiger partial charge in [0.2, 0.25) is 0 Å². The Kier molecular flexibility index (Phi) is 7.10. The molecule has 1 unspecified atom stereocenters. The van der Waals surface area contributed by atoms with Gasteiger partial charge in [-0.3, -0.25) is 4.79 Å². The predicted octanol–water partition coefficient (Wildman–Crippen LogP) is 3.39. The molecular weight excluding hydrogens is 372 g/mol. The molecule has 140 valence electrons. The monoisotopic (exact) mass is 397 g/mol. The van der Waals surface area contributed by atoms with Crippen LogP contribution < -0.4 is 10.2 Å². The number of thiophene rings is 1. The second-order valence-corrected chi connectivity index (χ2v) is 8.44. The fourth-order valence-electron chi connectivity index (χ4n) is 3.06. The molecule has 2 aromatic carbocycles. The summed E-state index contributed by atoms with van der Waals surface area (Å²) < 4.78 is 0. The molecular formula is C22H25N2OS2+. The van der Waals surface area contributed by atoms with E-state index >= 15 is 0 Å². The number of carbonyl (C=O) groups is 1. The van der Waals surface area contributed by atoms with Crippen molar-refractivity contribution < 1.29 is 9.69 Å². The van der Waals surface area contributed by atoms with E-state index in [9.17, 15) is 4.79 Å². The summed E-state index contributed by atoms with van der Waals surface area (Å²) in [7, 11) is 2.06. The fraction of sp³-hybridized carbons (Fsp3) is 0.227. The number of hydrogen-bond donors (Lipinski definition) is 2. The summed E-state index contributed by atoms with van der Waals surface area (Å²) in [5.41, 5.74) is 2.36. The molecule has 0 aliphatic carbocycles. The first kappa shape index (κ1) is 19.7. The SMILES string of the molecule is CSc1ccc(C[NH+](C)CC(=O)N[C@H](c2ccccc2)c2cccs2)cc1. The quantitative estimate of drug-likeness (QED) is 0.571. The number of nitrogens with one attached hydrogen (secondary N) is 2. The highest BCUT2D eigenvalue weighted by Gasteiger charge is 2.19. The molecule has 1 aromatic heterocycles. The topological polar surface area (TPSA) is 33.5 Å². The number of quaternary nitrogens is 1. The minimum Gasteiger partial charge on any atom is -0.339 e. The van der Waals surface area contributed by atoms with Crippen molar-refractivity contribution in [2.45, 2.75) is 17.5 Å². The van der Waals surface area contributed by atoms with Gasteiger partial charge in [-0.15, -0.1) is 23.1 Å². The van der Waals surface area contributed by atoms with E-state index in [1.807, 2.05) is 29.6 Å². The van der Waals surface area contributed by atoms with E-state index in [4.69, 9.17) is 0 Å². The van der Waals surface area contributed by atoms with Gasteiger partial charge in [-0.1, -0.05) is 48.5 Å². The number of carbonyl (C=O) groups excluding carboxylic acids is 1. The van der Waals surface area contributed by atoms with Crippen molar-refractivity contribution in [3.63, 3.8) is 0 Å². The molecule has 3 aromatic rings. The van der Waals surface area contributed by atoms with Gasteiger partial charge in [0.15, 0.2) is 6.54 Å². The molecule has 0 fully saturated rings. The Morgan fingerprint density at radius 3 is 2.44 bits per heavy atom. The van der Waals surface area contributed by atoms with E-state index in [2.05, 4.69) is 61.1 Å². The van der Waals surface area contributed by atoms with Crippen LogP contribution in [0.25, 0.3) is 0 Å². The second kappa shape index (κ2) is 9.74. The maximum Gasteiger partial charge on any atom is 0.275 e. The molecule has 5 heteroatoms. The van der Waals surface area contributed by atoms with Crippen molar-refractivity contribution in [3.05, 3.63) is 88.1 Å². The molecule has 0 radical (unpaired) electrons. The first-order valence-corrected chi connectivity index (χ1v) is 11.1. The Labute approximate surface area is 169 Å². The van der Waals surface area contributed by atoms with Gasteiger partial charge in [0.1, 0.15) is 6.54 Å². The lowest BCUT2D eigenvalue weighted by atomic mass is 10.1. The smallest absolute Gasteiger partial charge is 0.275 e. The molecule has 1 heterocycles. The number of hydrogen-bond acceptors (Lipinski definition) is 3. The van der Waals surface area contributed by atoms with Crippen molar-refractivity contribution in [2.75, 3.05) is 19.8 Å². The maximum atomic E-state index is 12.7. The third-order valence-corrected chi connectivity index (χ3v) is 6.07. The van der Waals surface area contributed by atoms with Crippen LogP contribution in [0.4, 0.5) is 0 Å². The Balaban J connectivity index is 1.62. The third kappa shape index (κ3) is 5.70. The third-order valence-electron chi connectivity index (χ3n) is 4.39. The van der Waals surface area contributed by atoms with Crippen LogP contribution in [0.3, 0.4) is 0 Å². The highest BCUT2D eigenvalue weighted by atomic mass is 32.2. The molecule has 0 saturated heterocycles. The van der Waals surface area contributed by atoms with E-state index < -0.39 is 0 Å². The molecule has 1 amide bonds. The van der Waals surface area contributed by atoms with Crippen molar-refractivity contribution in [3.8, 4) is 0 Å². The zero-order valence-corrected chi connectivity index (χ0v) is 17.3. The molecule has 2 atom stereocenters. The molecule has 0 aliphatic rings. The van der Waals surface area contributed by atoms with Crippen LogP contribution >= 0.6 is 23.1 Å². The maximum absolute atomic E-state index is 12.7. The van der Waals surface area contributed by atoms with Crippen LogP contribution in [0.2, 0.25) is 0 Å². The molecule has 27 heavy (non-hydrogen) atoms. The van der Waals surface area contributed by atoms with Gasteiger partial charge in [-0.05, 0) is 35.4 Å². The summed E-state index contributed by atoms with van der Waals surface area (Å²) in [5.74, 6) is 0.0653. The first-order chi connectivity index (χ1) is 13.2. The zero-order chi connectivity index (χ0) is 19.1. The predicted molar refractivity (Wildman–Crippen MR) is 114 cm³/mol. The molecule has 0 aliphatic heterocycles. The van der Waals surface area contributed by atoms with Gasteiger partial charge in [0.25, 0.3) is 5.91 Å². The van der Waals surface area contributed by atoms with Crippen molar-refractivity contribution in [1.29, 1.82) is 0 Å². The Bertz CT molecular complexity index is 833. The largest absolute Gasteiger partial charge is 0.339 e.